The van der Waals surface area contributed by atoms with Crippen LogP contribution in [-0.4, -0.2) is 31.8 Å². The molecule has 0 aliphatic heterocycles. The Hall–Kier alpha value is -0.0800. The zero-order valence-electron chi connectivity index (χ0n) is 4.81. The summed E-state index contributed by atoms with van der Waals surface area (Å²) in [7, 11) is 6.00. The first kappa shape index (κ1) is 10.0. The third kappa shape index (κ3) is 14200. The highest BCUT2D eigenvalue weighted by Crippen LogP contribution is 1.47. The number of rotatable bonds is 0. The van der Waals surface area contributed by atoms with E-state index < -0.39 is 0 Å². The van der Waals surface area contributed by atoms with E-state index in [0.29, 0.717) is 0 Å². The van der Waals surface area contributed by atoms with Crippen LogP contribution in [0.15, 0.2) is 0 Å². The van der Waals surface area contributed by atoms with Gasteiger partial charge in [0, 0.05) is 0 Å². The third-order valence-corrected chi connectivity index (χ3v) is 0. The molecule has 0 aromatic heterocycles. The Kier molecular flexibility index (Phi) is 13.3. The molecule has 0 amide bonds. The minimum Gasteiger partial charge on any atom is -0.312 e. The molecule has 0 unspecified atom stereocenters. The van der Waals surface area contributed by atoms with Gasteiger partial charge in [-0.25, -0.2) is 0 Å². The van der Waals surface area contributed by atoms with Gasteiger partial charge in [0.2, 0.25) is 5.75 Å². The van der Waals surface area contributed by atoms with Gasteiger partial charge in [0.25, 0.3) is 0 Å². The largest absolute Gasteiger partial charge is 0.312 e. The Bertz CT molecular complexity index is 35.9. The molecule has 0 rings (SSSR count). The Morgan fingerprint density at radius 1 is 1.43 bits per heavy atom. The number of carbonyl (C=O) groups is 1. The summed E-state index contributed by atoms with van der Waals surface area (Å²) < 4.78 is 0. The zero-order valence-corrected chi connectivity index (χ0v) is 5.57. The molecule has 0 spiro atoms. The van der Waals surface area contributed by atoms with Gasteiger partial charge in [0.1, 0.15) is 0 Å². The monoisotopic (exact) mass is 123 g/mol. The van der Waals surface area contributed by atoms with Crippen molar-refractivity contribution in [1.29, 1.82) is 0 Å². The van der Waals surface area contributed by atoms with E-state index in [1.54, 1.807) is 0 Å². The van der Waals surface area contributed by atoms with Gasteiger partial charge in [0.15, 0.2) is 0 Å². The second-order valence-electron chi connectivity index (χ2n) is 1.43. The molecule has 2 nitrogen and oxygen atoms in total. The quantitative estimate of drug-likeness (QED) is 0.347. The van der Waals surface area contributed by atoms with Gasteiger partial charge in [-0.15, -0.1) is 0 Å². The molecule has 0 radical (unpaired) electrons. The summed E-state index contributed by atoms with van der Waals surface area (Å²) in [6, 6.07) is 0. The van der Waals surface area contributed by atoms with Crippen LogP contribution >= 0.6 is 11.6 Å². The highest BCUT2D eigenvalue weighted by Gasteiger charge is 1.58. The average Bonchev–Trinajstić information content (AvgIpc) is 1.33. The Labute approximate surface area is 49.1 Å². The van der Waals surface area contributed by atoms with Crippen LogP contribution in [0, 0.1) is 0 Å². The Morgan fingerprint density at radius 3 is 1.43 bits per heavy atom. The van der Waals surface area contributed by atoms with Gasteiger partial charge in [-0.1, -0.05) is 0 Å². The second kappa shape index (κ2) is 9.33. The fraction of sp³-hybridized carbons (Fsp3) is 0.750. The van der Waals surface area contributed by atoms with Crippen molar-refractivity contribution in [3.63, 3.8) is 0 Å². The van der Waals surface area contributed by atoms with Crippen LogP contribution in [0.1, 0.15) is 0 Å². The van der Waals surface area contributed by atoms with Crippen LogP contribution in [0.4, 0.5) is 0 Å². The van der Waals surface area contributed by atoms with E-state index in [9.17, 15) is 0 Å². The van der Waals surface area contributed by atoms with E-state index in [-0.39, 0.29) is 5.75 Å². The maximum absolute atomic E-state index is 8.57. The highest BCUT2D eigenvalue weighted by molar-refractivity contribution is 6.54. The van der Waals surface area contributed by atoms with Crippen molar-refractivity contribution in [1.82, 2.24) is 4.90 Å². The molecule has 7 heavy (non-hydrogen) atoms. The van der Waals surface area contributed by atoms with Gasteiger partial charge in [-0.05, 0) is 32.7 Å². The molecule has 0 saturated carbocycles. The molecule has 0 fully saturated rings. The van der Waals surface area contributed by atoms with Gasteiger partial charge in [0.05, 0.1) is 0 Å². The van der Waals surface area contributed by atoms with Crippen molar-refractivity contribution in [2.45, 2.75) is 0 Å². The molecule has 3 heteroatoms. The van der Waals surface area contributed by atoms with Gasteiger partial charge in [-0.2, -0.15) is 0 Å². The average molecular weight is 124 g/mol. The minimum absolute atomic E-state index is 0.222. The van der Waals surface area contributed by atoms with Crippen molar-refractivity contribution in [2.75, 3.05) is 21.1 Å². The standard InChI is InChI=1S/C3H9N.CHClO/c1-4(2)3;2-1-3/h1-3H3;1H. The highest BCUT2D eigenvalue weighted by atomic mass is 35.5. The van der Waals surface area contributed by atoms with E-state index >= 15 is 0 Å². The van der Waals surface area contributed by atoms with Crippen LogP contribution in [-0.2, 0) is 4.79 Å². The van der Waals surface area contributed by atoms with Crippen LogP contribution < -0.4 is 0 Å². The third-order valence-electron chi connectivity index (χ3n) is 0. The van der Waals surface area contributed by atoms with Crippen LogP contribution in [0.25, 0.3) is 0 Å². The van der Waals surface area contributed by atoms with Gasteiger partial charge < -0.3 is 4.90 Å². The first-order chi connectivity index (χ1) is 3.15. The number of nitrogens with zero attached hydrogens (tertiary/aromatic N) is 1. The Balaban J connectivity index is 0. The molecule has 44 valence electrons. The lowest BCUT2D eigenvalue weighted by Crippen LogP contribution is -1.99. The van der Waals surface area contributed by atoms with Crippen molar-refractivity contribution >= 4 is 17.3 Å². The van der Waals surface area contributed by atoms with Crippen molar-refractivity contribution < 1.29 is 4.79 Å². The van der Waals surface area contributed by atoms with E-state index in [2.05, 4.69) is 11.6 Å². The fourth-order valence-corrected chi connectivity index (χ4v) is 0. The van der Waals surface area contributed by atoms with Gasteiger partial charge in [-0.3, -0.25) is 4.79 Å². The van der Waals surface area contributed by atoms with E-state index in [4.69, 9.17) is 4.79 Å². The molecule has 0 aromatic carbocycles. The Morgan fingerprint density at radius 2 is 1.43 bits per heavy atom. The SMILES string of the molecule is CN(C)C.O=CCl. The first-order valence-electron chi connectivity index (χ1n) is 1.80. The molecule has 0 aliphatic carbocycles. The molecule has 0 bridgehead atoms. The lowest BCUT2D eigenvalue weighted by molar-refractivity contribution is 0.505. The fourth-order valence-electron chi connectivity index (χ4n) is 0. The predicted molar refractivity (Wildman–Crippen MR) is 32.2 cm³/mol. The summed E-state index contributed by atoms with van der Waals surface area (Å²) in [6.45, 7) is 0. The van der Waals surface area contributed by atoms with E-state index in [1.807, 2.05) is 26.0 Å². The van der Waals surface area contributed by atoms with E-state index in [1.165, 1.54) is 0 Å². The summed E-state index contributed by atoms with van der Waals surface area (Å²) >= 11 is 4.32. The smallest absolute Gasteiger partial charge is 0.208 e. The van der Waals surface area contributed by atoms with Gasteiger partial charge >= 0.3 is 0 Å². The van der Waals surface area contributed by atoms with Crippen molar-refractivity contribution in [2.24, 2.45) is 0 Å². The number of hydrogen-bond donors (Lipinski definition) is 0. The van der Waals surface area contributed by atoms with Crippen LogP contribution in [0.2, 0.25) is 0 Å². The molecular formula is C4H10ClNO. The minimum atomic E-state index is 0.222. The molecule has 0 saturated heterocycles. The molecule has 0 atom stereocenters. The van der Waals surface area contributed by atoms with E-state index in [0.717, 1.165) is 0 Å². The molecule has 0 aliphatic rings. The normalized spacial score (nSPS) is 7.00. The number of carbonyl (C=O) groups excluding carboxylic acids is 1. The summed E-state index contributed by atoms with van der Waals surface area (Å²) in [5.41, 5.74) is 0. The summed E-state index contributed by atoms with van der Waals surface area (Å²) in [5, 5.41) is 0. The molecule has 0 heterocycles. The summed E-state index contributed by atoms with van der Waals surface area (Å²) in [5.74, 6) is 0.222. The molecule has 0 N–H and O–H groups in total. The lowest BCUT2D eigenvalue weighted by Gasteiger charge is -1.90. The number of halogens is 1. The maximum atomic E-state index is 8.57. The van der Waals surface area contributed by atoms with Crippen molar-refractivity contribution in [3.05, 3.63) is 0 Å². The topological polar surface area (TPSA) is 20.3 Å². The zero-order chi connectivity index (χ0) is 6.28. The number of hydrogen-bond acceptors (Lipinski definition) is 2. The first-order valence-corrected chi connectivity index (χ1v) is 2.23. The molecular weight excluding hydrogens is 114 g/mol. The predicted octanol–water partition coefficient (Wildman–Crippen LogP) is 0.593. The summed E-state index contributed by atoms with van der Waals surface area (Å²) in [4.78, 5) is 10.6. The second-order valence-corrected chi connectivity index (χ2v) is 1.61. The van der Waals surface area contributed by atoms with Crippen LogP contribution in [0.5, 0.6) is 0 Å². The van der Waals surface area contributed by atoms with Crippen molar-refractivity contribution in [3.8, 4) is 0 Å². The molecule has 0 aromatic rings. The lowest BCUT2D eigenvalue weighted by atomic mass is 11.0. The summed E-state index contributed by atoms with van der Waals surface area (Å²) in [6.07, 6.45) is 0. The van der Waals surface area contributed by atoms with Crippen LogP contribution in [0.3, 0.4) is 0 Å². The maximum Gasteiger partial charge on any atom is 0.208 e.